The molecule has 0 fully saturated rings. The number of amides is 2. The molecule has 0 aliphatic rings. The summed E-state index contributed by atoms with van der Waals surface area (Å²) in [4.78, 5) is 29.0. The lowest BCUT2D eigenvalue weighted by atomic mass is 9.87. The number of unbranched alkanes of at least 4 members (excludes halogenated alkanes) is 1. The number of carbonyl (C=O) groups excluding carboxylic acids is 2. The first-order valence-corrected chi connectivity index (χ1v) is 15.0. The first-order chi connectivity index (χ1) is 19.0. The highest BCUT2D eigenvalue weighted by Crippen LogP contribution is 2.32. The summed E-state index contributed by atoms with van der Waals surface area (Å²) in [6.07, 6.45) is 2.12. The highest BCUT2D eigenvalue weighted by Gasteiger charge is 2.31. The van der Waals surface area contributed by atoms with E-state index in [0.717, 1.165) is 28.4 Å². The van der Waals surface area contributed by atoms with Gasteiger partial charge in [0.2, 0.25) is 5.91 Å². The number of hydrogen-bond acceptors (Lipinski definition) is 3. The van der Waals surface area contributed by atoms with Crippen molar-refractivity contribution in [1.29, 1.82) is 0 Å². The van der Waals surface area contributed by atoms with Crippen LogP contribution in [-0.2, 0) is 28.0 Å². The number of halogens is 3. The Morgan fingerprint density at radius 2 is 1.68 bits per heavy atom. The summed E-state index contributed by atoms with van der Waals surface area (Å²) < 4.78 is 6.74. The second-order valence-electron chi connectivity index (χ2n) is 10.8. The lowest BCUT2D eigenvalue weighted by Gasteiger charge is -2.32. The fourth-order valence-corrected chi connectivity index (χ4v) is 5.23. The number of nitrogens with one attached hydrogen (secondary N) is 1. The van der Waals surface area contributed by atoms with Crippen molar-refractivity contribution in [2.75, 3.05) is 13.2 Å². The second-order valence-corrected chi connectivity index (χ2v) is 12.4. The Hall–Kier alpha value is -2.54. The smallest absolute Gasteiger partial charge is 0.261 e. The predicted molar refractivity (Wildman–Crippen MR) is 167 cm³/mol. The molecule has 0 bridgehead atoms. The minimum Gasteiger partial charge on any atom is -0.483 e. The van der Waals surface area contributed by atoms with Crippen LogP contribution in [0.2, 0.25) is 10.0 Å². The maximum Gasteiger partial charge on any atom is 0.261 e. The van der Waals surface area contributed by atoms with Gasteiger partial charge < -0.3 is 15.0 Å². The van der Waals surface area contributed by atoms with Crippen molar-refractivity contribution >= 4 is 50.9 Å². The SMILES string of the molecule is CCCCNC(=O)[C@H](Cc1ccccc1)N(Cc1c(Cl)cccc1Cl)C(=O)COc1ccc(C(C)(C)C)cc1Br. The minimum atomic E-state index is -0.797. The van der Waals surface area contributed by atoms with Gasteiger partial charge in [-0.3, -0.25) is 9.59 Å². The van der Waals surface area contributed by atoms with Crippen LogP contribution in [0.1, 0.15) is 57.2 Å². The first kappa shape index (κ1) is 32.0. The normalized spacial score (nSPS) is 12.1. The van der Waals surface area contributed by atoms with Gasteiger partial charge in [0.05, 0.1) is 4.47 Å². The Labute approximate surface area is 256 Å². The molecule has 1 N–H and O–H groups in total. The third-order valence-corrected chi connectivity index (χ3v) is 7.97. The Bertz CT molecular complexity index is 1270. The van der Waals surface area contributed by atoms with E-state index >= 15 is 0 Å². The fourth-order valence-electron chi connectivity index (χ4n) is 4.22. The Kier molecular flexibility index (Phi) is 11.9. The van der Waals surface area contributed by atoms with Crippen molar-refractivity contribution in [2.45, 2.75) is 65.0 Å². The van der Waals surface area contributed by atoms with E-state index in [1.807, 2.05) is 48.5 Å². The van der Waals surface area contributed by atoms with Crippen molar-refractivity contribution in [1.82, 2.24) is 10.2 Å². The summed E-state index contributed by atoms with van der Waals surface area (Å²) in [7, 11) is 0. The lowest BCUT2D eigenvalue weighted by molar-refractivity contribution is -0.142. The summed E-state index contributed by atoms with van der Waals surface area (Å²) in [6, 6.07) is 19.9. The maximum absolute atomic E-state index is 13.9. The standard InChI is InChI=1S/C32H37BrCl2N2O3/c1-5-6-17-36-31(39)28(18-22-11-8-7-9-12-22)37(20-24-26(34)13-10-14-27(24)35)30(38)21-40-29-16-15-23(19-25(29)33)32(2,3)4/h7-16,19,28H,5-6,17-18,20-21H2,1-4H3,(H,36,39)/t28-/m0/s1. The van der Waals surface area contributed by atoms with Crippen molar-refractivity contribution in [3.63, 3.8) is 0 Å². The van der Waals surface area contributed by atoms with Gasteiger partial charge in [0.15, 0.2) is 6.61 Å². The van der Waals surface area contributed by atoms with Gasteiger partial charge >= 0.3 is 0 Å². The van der Waals surface area contributed by atoms with Crippen LogP contribution in [0, 0.1) is 0 Å². The Morgan fingerprint density at radius 3 is 2.27 bits per heavy atom. The van der Waals surface area contributed by atoms with Gasteiger partial charge in [-0.05, 0) is 63.2 Å². The molecule has 8 heteroatoms. The van der Waals surface area contributed by atoms with Gasteiger partial charge in [-0.15, -0.1) is 0 Å². The molecule has 214 valence electrons. The molecule has 1 atom stereocenters. The third-order valence-electron chi connectivity index (χ3n) is 6.64. The fraction of sp³-hybridized carbons (Fsp3) is 0.375. The van der Waals surface area contributed by atoms with Crippen LogP contribution in [0.25, 0.3) is 0 Å². The third kappa shape index (κ3) is 8.98. The molecule has 0 saturated heterocycles. The Morgan fingerprint density at radius 1 is 1.00 bits per heavy atom. The number of ether oxygens (including phenoxy) is 1. The molecule has 0 spiro atoms. The van der Waals surface area contributed by atoms with Crippen LogP contribution in [0.4, 0.5) is 0 Å². The van der Waals surface area contributed by atoms with E-state index in [-0.39, 0.29) is 30.4 Å². The van der Waals surface area contributed by atoms with E-state index in [1.54, 1.807) is 18.2 Å². The van der Waals surface area contributed by atoms with Crippen LogP contribution >= 0.6 is 39.1 Å². The molecule has 40 heavy (non-hydrogen) atoms. The molecule has 2 amide bonds. The molecule has 0 unspecified atom stereocenters. The molecule has 3 aromatic rings. The van der Waals surface area contributed by atoms with Gasteiger partial charge in [-0.1, -0.05) is 99.8 Å². The van der Waals surface area contributed by atoms with E-state index in [2.05, 4.69) is 48.9 Å². The Balaban J connectivity index is 1.94. The van der Waals surface area contributed by atoms with E-state index in [1.165, 1.54) is 4.90 Å². The maximum atomic E-state index is 13.9. The zero-order valence-corrected chi connectivity index (χ0v) is 26.6. The average molecular weight is 648 g/mol. The summed E-state index contributed by atoms with van der Waals surface area (Å²) >= 11 is 16.6. The van der Waals surface area contributed by atoms with Crippen molar-refractivity contribution < 1.29 is 14.3 Å². The molecule has 0 aliphatic carbocycles. The largest absolute Gasteiger partial charge is 0.483 e. The number of benzene rings is 3. The first-order valence-electron chi connectivity index (χ1n) is 13.5. The van der Waals surface area contributed by atoms with Crippen LogP contribution in [0.3, 0.4) is 0 Å². The molecule has 0 aromatic heterocycles. The number of nitrogens with zero attached hydrogens (tertiary/aromatic N) is 1. The second kappa shape index (κ2) is 14.9. The quantitative estimate of drug-likeness (QED) is 0.203. The molecule has 3 aromatic carbocycles. The summed E-state index contributed by atoms with van der Waals surface area (Å²) in [5.74, 6) is -0.0389. The molecule has 0 aliphatic heterocycles. The van der Waals surface area contributed by atoms with Gasteiger partial charge in [-0.25, -0.2) is 0 Å². The molecule has 3 rings (SSSR count). The highest BCUT2D eigenvalue weighted by atomic mass is 79.9. The van der Waals surface area contributed by atoms with Crippen molar-refractivity contribution in [3.8, 4) is 5.75 Å². The van der Waals surface area contributed by atoms with E-state index in [0.29, 0.717) is 34.3 Å². The summed E-state index contributed by atoms with van der Waals surface area (Å²) in [5, 5.41) is 3.87. The van der Waals surface area contributed by atoms with Gasteiger partial charge in [0.25, 0.3) is 5.91 Å². The molecule has 0 saturated carbocycles. The average Bonchev–Trinajstić information content (AvgIpc) is 2.91. The van der Waals surface area contributed by atoms with Gasteiger partial charge in [0, 0.05) is 35.1 Å². The molecule has 5 nitrogen and oxygen atoms in total. The monoisotopic (exact) mass is 646 g/mol. The van der Waals surface area contributed by atoms with Crippen LogP contribution in [0.15, 0.2) is 71.2 Å². The predicted octanol–water partition coefficient (Wildman–Crippen LogP) is 7.99. The zero-order valence-electron chi connectivity index (χ0n) is 23.5. The van der Waals surface area contributed by atoms with E-state index < -0.39 is 6.04 Å². The van der Waals surface area contributed by atoms with Crippen LogP contribution in [0.5, 0.6) is 5.75 Å². The van der Waals surface area contributed by atoms with Crippen LogP contribution in [-0.4, -0.2) is 35.9 Å². The van der Waals surface area contributed by atoms with Gasteiger partial charge in [0.1, 0.15) is 11.8 Å². The number of carbonyl (C=O) groups is 2. The molecule has 0 radical (unpaired) electrons. The zero-order chi connectivity index (χ0) is 29.3. The van der Waals surface area contributed by atoms with Crippen LogP contribution < -0.4 is 10.1 Å². The van der Waals surface area contributed by atoms with Crippen molar-refractivity contribution in [3.05, 3.63) is 97.9 Å². The minimum absolute atomic E-state index is 0.0301. The van der Waals surface area contributed by atoms with E-state index in [4.69, 9.17) is 27.9 Å². The number of hydrogen-bond donors (Lipinski definition) is 1. The summed E-state index contributed by atoms with van der Waals surface area (Å²) in [5.41, 5.74) is 2.62. The lowest BCUT2D eigenvalue weighted by Crippen LogP contribution is -2.52. The molecular formula is C32H37BrCl2N2O3. The molecular weight excluding hydrogens is 611 g/mol. The van der Waals surface area contributed by atoms with Crippen molar-refractivity contribution in [2.24, 2.45) is 0 Å². The summed E-state index contributed by atoms with van der Waals surface area (Å²) in [6.45, 7) is 8.79. The number of rotatable bonds is 12. The molecule has 0 heterocycles. The van der Waals surface area contributed by atoms with E-state index in [9.17, 15) is 9.59 Å². The van der Waals surface area contributed by atoms with Gasteiger partial charge in [-0.2, -0.15) is 0 Å². The highest BCUT2D eigenvalue weighted by molar-refractivity contribution is 9.10. The topological polar surface area (TPSA) is 58.6 Å².